The molecule has 2 aromatic carbocycles. The maximum Gasteiger partial charge on any atom is 0.306 e. The first-order valence-electron chi connectivity index (χ1n) is 8.40. The van der Waals surface area contributed by atoms with Crippen LogP contribution in [0.25, 0.3) is 11.6 Å². The smallest absolute Gasteiger partial charge is 0.306 e. The molecule has 1 aliphatic heterocycles. The Kier molecular flexibility index (Phi) is 5.11. The lowest BCUT2D eigenvalue weighted by Crippen LogP contribution is -2.42. The zero-order valence-electron chi connectivity index (χ0n) is 13.9. The number of aliphatic carboxylic acids is 1. The van der Waals surface area contributed by atoms with Gasteiger partial charge in [-0.2, -0.15) is 0 Å². The van der Waals surface area contributed by atoms with E-state index >= 15 is 0 Å². The molecule has 0 aromatic heterocycles. The fourth-order valence-electron chi connectivity index (χ4n) is 3.40. The Morgan fingerprint density at radius 1 is 1.08 bits per heavy atom. The van der Waals surface area contributed by atoms with Gasteiger partial charge in [-0.15, -0.1) is 0 Å². The van der Waals surface area contributed by atoms with E-state index in [9.17, 15) is 9.90 Å². The third-order valence-electron chi connectivity index (χ3n) is 4.81. The molecule has 0 bridgehead atoms. The Morgan fingerprint density at radius 2 is 1.71 bits per heavy atom. The van der Waals surface area contributed by atoms with E-state index in [2.05, 4.69) is 42.3 Å². The number of piperidine rings is 1. The summed E-state index contributed by atoms with van der Waals surface area (Å²) in [6.45, 7) is 0.806. The molecule has 24 heavy (non-hydrogen) atoms. The van der Waals surface area contributed by atoms with Crippen LogP contribution in [0, 0.1) is 5.92 Å². The topological polar surface area (TPSA) is 40.5 Å². The van der Waals surface area contributed by atoms with Crippen LogP contribution in [-0.4, -0.2) is 35.6 Å². The number of carbonyl (C=O) groups is 1. The van der Waals surface area contributed by atoms with Crippen molar-refractivity contribution in [1.82, 2.24) is 4.90 Å². The van der Waals surface area contributed by atoms with Crippen LogP contribution in [0.5, 0.6) is 0 Å². The second kappa shape index (κ2) is 7.45. The van der Waals surface area contributed by atoms with E-state index < -0.39 is 5.97 Å². The number of carboxylic acid groups (broad SMARTS) is 1. The van der Waals surface area contributed by atoms with Crippen molar-refractivity contribution >= 4 is 17.6 Å². The van der Waals surface area contributed by atoms with Crippen LogP contribution in [0.15, 0.2) is 60.7 Å². The lowest BCUT2D eigenvalue weighted by molar-refractivity contribution is -0.143. The van der Waals surface area contributed by atoms with Crippen molar-refractivity contribution in [2.24, 2.45) is 5.92 Å². The van der Waals surface area contributed by atoms with Gasteiger partial charge in [-0.1, -0.05) is 60.7 Å². The van der Waals surface area contributed by atoms with Crippen LogP contribution < -0.4 is 0 Å². The fraction of sp³-hybridized carbons (Fsp3) is 0.286. The molecular formula is C21H23NO2. The molecule has 1 N–H and O–H groups in total. The average Bonchev–Trinajstić information content (AvgIpc) is 2.62. The molecule has 3 rings (SSSR count). The van der Waals surface area contributed by atoms with Gasteiger partial charge in [0.2, 0.25) is 0 Å². The molecule has 0 aliphatic carbocycles. The van der Waals surface area contributed by atoms with Crippen molar-refractivity contribution in [2.45, 2.75) is 18.9 Å². The van der Waals surface area contributed by atoms with E-state index in [1.165, 1.54) is 5.57 Å². The quantitative estimate of drug-likeness (QED) is 0.865. The van der Waals surface area contributed by atoms with Crippen molar-refractivity contribution in [3.63, 3.8) is 0 Å². The maximum atomic E-state index is 11.5. The molecular weight excluding hydrogens is 298 g/mol. The van der Waals surface area contributed by atoms with Crippen LogP contribution in [0.1, 0.15) is 24.0 Å². The number of carboxylic acids is 1. The number of rotatable bonds is 4. The van der Waals surface area contributed by atoms with Crippen LogP contribution in [0.2, 0.25) is 0 Å². The molecule has 2 aromatic rings. The van der Waals surface area contributed by atoms with Gasteiger partial charge in [0, 0.05) is 6.04 Å². The van der Waals surface area contributed by atoms with Gasteiger partial charge in [-0.05, 0) is 49.2 Å². The third kappa shape index (κ3) is 3.74. The highest BCUT2D eigenvalue weighted by atomic mass is 16.4. The molecule has 0 radical (unpaired) electrons. The van der Waals surface area contributed by atoms with Crippen molar-refractivity contribution in [3.05, 3.63) is 71.8 Å². The van der Waals surface area contributed by atoms with Crippen molar-refractivity contribution in [2.75, 3.05) is 13.6 Å². The highest BCUT2D eigenvalue weighted by molar-refractivity contribution is 5.85. The summed E-state index contributed by atoms with van der Waals surface area (Å²) in [5.41, 5.74) is 3.49. The highest BCUT2D eigenvalue weighted by Gasteiger charge is 2.32. The molecule has 124 valence electrons. The predicted molar refractivity (Wildman–Crippen MR) is 97.5 cm³/mol. The Morgan fingerprint density at radius 3 is 2.33 bits per heavy atom. The number of hydrogen-bond donors (Lipinski definition) is 1. The largest absolute Gasteiger partial charge is 0.481 e. The SMILES string of the molecule is CN1CCC(C(=O)O)CC1/C(=C/c1ccccc1)c1ccccc1. The molecule has 3 nitrogen and oxygen atoms in total. The summed E-state index contributed by atoms with van der Waals surface area (Å²) in [5, 5.41) is 9.45. The minimum Gasteiger partial charge on any atom is -0.481 e. The summed E-state index contributed by atoms with van der Waals surface area (Å²) in [5.74, 6) is -0.950. The van der Waals surface area contributed by atoms with Crippen molar-refractivity contribution in [3.8, 4) is 0 Å². The van der Waals surface area contributed by atoms with Gasteiger partial charge in [-0.3, -0.25) is 9.69 Å². The molecule has 1 fully saturated rings. The van der Waals surface area contributed by atoms with Gasteiger partial charge in [0.15, 0.2) is 0 Å². The highest BCUT2D eigenvalue weighted by Crippen LogP contribution is 2.33. The summed E-state index contributed by atoms with van der Waals surface area (Å²) in [4.78, 5) is 13.8. The third-order valence-corrected chi connectivity index (χ3v) is 4.81. The minimum atomic E-state index is -0.680. The predicted octanol–water partition coefficient (Wildman–Crippen LogP) is 4.02. The monoisotopic (exact) mass is 321 g/mol. The first-order chi connectivity index (χ1) is 11.6. The van der Waals surface area contributed by atoms with Gasteiger partial charge >= 0.3 is 5.97 Å². The molecule has 2 atom stereocenters. The number of likely N-dealkylation sites (N-methyl/N-ethyl adjacent to an activating group) is 1. The number of hydrogen-bond acceptors (Lipinski definition) is 2. The van der Waals surface area contributed by atoms with Crippen LogP contribution in [0.3, 0.4) is 0 Å². The van der Waals surface area contributed by atoms with E-state index in [0.717, 1.165) is 24.1 Å². The van der Waals surface area contributed by atoms with E-state index in [1.807, 2.05) is 36.4 Å². The summed E-state index contributed by atoms with van der Waals surface area (Å²) < 4.78 is 0. The molecule has 1 saturated heterocycles. The summed E-state index contributed by atoms with van der Waals surface area (Å²) in [6.07, 6.45) is 3.57. The van der Waals surface area contributed by atoms with Crippen LogP contribution in [-0.2, 0) is 4.79 Å². The summed E-state index contributed by atoms with van der Waals surface area (Å²) >= 11 is 0. The van der Waals surface area contributed by atoms with Crippen molar-refractivity contribution in [1.29, 1.82) is 0 Å². The van der Waals surface area contributed by atoms with Crippen molar-refractivity contribution < 1.29 is 9.90 Å². The average molecular weight is 321 g/mol. The Labute approximate surface area is 143 Å². The van der Waals surface area contributed by atoms with Gasteiger partial charge in [0.1, 0.15) is 0 Å². The molecule has 2 unspecified atom stereocenters. The molecule has 1 aliphatic rings. The standard InChI is InChI=1S/C21H23NO2/c1-22-13-12-18(21(23)24)15-20(22)19(17-10-6-3-7-11-17)14-16-8-4-2-5-9-16/h2-11,14,18,20H,12-13,15H2,1H3,(H,23,24)/b19-14+. The van der Waals surface area contributed by atoms with E-state index in [0.29, 0.717) is 6.42 Å². The molecule has 0 amide bonds. The fourth-order valence-corrected chi connectivity index (χ4v) is 3.40. The Hall–Kier alpha value is -2.39. The first-order valence-corrected chi connectivity index (χ1v) is 8.40. The Balaban J connectivity index is 2.01. The summed E-state index contributed by atoms with van der Waals surface area (Å²) in [6, 6.07) is 20.6. The molecule has 0 saturated carbocycles. The minimum absolute atomic E-state index is 0.113. The van der Waals surface area contributed by atoms with Crippen LogP contribution >= 0.6 is 0 Å². The van der Waals surface area contributed by atoms with Gasteiger partial charge in [0.25, 0.3) is 0 Å². The molecule has 0 spiro atoms. The number of likely N-dealkylation sites (tertiary alicyclic amines) is 1. The molecule has 3 heteroatoms. The zero-order chi connectivity index (χ0) is 16.9. The van der Waals surface area contributed by atoms with E-state index in [-0.39, 0.29) is 12.0 Å². The number of nitrogens with zero attached hydrogens (tertiary/aromatic N) is 1. The Bertz CT molecular complexity index is 709. The van der Waals surface area contributed by atoms with E-state index in [4.69, 9.17) is 0 Å². The van der Waals surface area contributed by atoms with Crippen LogP contribution in [0.4, 0.5) is 0 Å². The van der Waals surface area contributed by atoms with E-state index in [1.54, 1.807) is 0 Å². The lowest BCUT2D eigenvalue weighted by atomic mass is 9.84. The number of benzene rings is 2. The zero-order valence-corrected chi connectivity index (χ0v) is 13.9. The summed E-state index contributed by atoms with van der Waals surface area (Å²) in [7, 11) is 2.09. The normalized spacial score (nSPS) is 22.3. The van der Waals surface area contributed by atoms with Gasteiger partial charge < -0.3 is 5.11 Å². The maximum absolute atomic E-state index is 11.5. The second-order valence-corrected chi connectivity index (χ2v) is 6.43. The lowest BCUT2D eigenvalue weighted by Gasteiger charge is -2.37. The molecule has 1 heterocycles. The second-order valence-electron chi connectivity index (χ2n) is 6.43. The first kappa shape index (κ1) is 16.5. The van der Waals surface area contributed by atoms with Gasteiger partial charge in [0.05, 0.1) is 5.92 Å². The van der Waals surface area contributed by atoms with Gasteiger partial charge in [-0.25, -0.2) is 0 Å².